The number of rotatable bonds is 3. The lowest BCUT2D eigenvalue weighted by atomic mass is 10.1. The Bertz CT molecular complexity index is 764. The quantitative estimate of drug-likeness (QED) is 0.777. The van der Waals surface area contributed by atoms with E-state index in [0.717, 1.165) is 5.56 Å². The van der Waals surface area contributed by atoms with Crippen molar-refractivity contribution in [2.24, 2.45) is 0 Å². The SMILES string of the molecule is CNCc1cc(-c2cc3cccc(F)c3o2)ccc1F. The Morgan fingerprint density at radius 1 is 1.05 bits per heavy atom. The minimum atomic E-state index is -0.397. The van der Waals surface area contributed by atoms with E-state index in [2.05, 4.69) is 5.32 Å². The first kappa shape index (κ1) is 12.8. The van der Waals surface area contributed by atoms with E-state index >= 15 is 0 Å². The van der Waals surface area contributed by atoms with Crippen molar-refractivity contribution in [2.45, 2.75) is 6.54 Å². The molecule has 1 aromatic heterocycles. The Hall–Kier alpha value is -2.20. The zero-order chi connectivity index (χ0) is 14.1. The van der Waals surface area contributed by atoms with E-state index in [4.69, 9.17) is 4.42 Å². The summed E-state index contributed by atoms with van der Waals surface area (Å²) in [4.78, 5) is 0. The normalized spacial score (nSPS) is 11.2. The van der Waals surface area contributed by atoms with Crippen LogP contribution in [0.2, 0.25) is 0 Å². The predicted molar refractivity (Wildman–Crippen MR) is 74.3 cm³/mol. The van der Waals surface area contributed by atoms with Gasteiger partial charge in [0, 0.05) is 23.1 Å². The van der Waals surface area contributed by atoms with Crippen molar-refractivity contribution < 1.29 is 13.2 Å². The first-order valence-corrected chi connectivity index (χ1v) is 6.30. The summed E-state index contributed by atoms with van der Waals surface area (Å²) >= 11 is 0. The van der Waals surface area contributed by atoms with Gasteiger partial charge in [-0.3, -0.25) is 0 Å². The van der Waals surface area contributed by atoms with Gasteiger partial charge in [0.25, 0.3) is 0 Å². The molecule has 20 heavy (non-hydrogen) atoms. The first-order chi connectivity index (χ1) is 9.69. The summed E-state index contributed by atoms with van der Waals surface area (Å²) in [6, 6.07) is 11.3. The van der Waals surface area contributed by atoms with Crippen molar-refractivity contribution in [1.82, 2.24) is 5.32 Å². The van der Waals surface area contributed by atoms with E-state index in [1.54, 1.807) is 37.4 Å². The molecular formula is C16H13F2NO. The lowest BCUT2D eigenvalue weighted by Crippen LogP contribution is -2.06. The molecule has 0 amide bonds. The number of halogens is 2. The Kier molecular flexibility index (Phi) is 3.24. The fourth-order valence-electron chi connectivity index (χ4n) is 2.22. The smallest absolute Gasteiger partial charge is 0.170 e. The minimum Gasteiger partial charge on any atom is -0.453 e. The molecule has 4 heteroatoms. The van der Waals surface area contributed by atoms with E-state index in [9.17, 15) is 8.78 Å². The third kappa shape index (κ3) is 2.18. The zero-order valence-electron chi connectivity index (χ0n) is 10.9. The standard InChI is InChI=1S/C16H13F2NO/c1-19-9-12-7-10(5-6-13(12)17)15-8-11-3-2-4-14(18)16(11)20-15/h2-8,19H,9H2,1H3. The van der Waals surface area contributed by atoms with Crippen LogP contribution in [0, 0.1) is 11.6 Å². The molecule has 2 nitrogen and oxygen atoms in total. The van der Waals surface area contributed by atoms with Gasteiger partial charge in [-0.25, -0.2) is 8.78 Å². The van der Waals surface area contributed by atoms with Gasteiger partial charge in [-0.05, 0) is 37.4 Å². The van der Waals surface area contributed by atoms with Gasteiger partial charge in [-0.15, -0.1) is 0 Å². The highest BCUT2D eigenvalue weighted by Crippen LogP contribution is 2.30. The molecule has 0 aliphatic rings. The summed E-state index contributed by atoms with van der Waals surface area (Å²) in [6.45, 7) is 0.425. The maximum absolute atomic E-state index is 13.6. The molecule has 0 saturated heterocycles. The molecule has 0 aliphatic carbocycles. The molecule has 0 unspecified atom stereocenters. The molecule has 2 aromatic carbocycles. The van der Waals surface area contributed by atoms with Gasteiger partial charge in [0.05, 0.1) is 0 Å². The molecular weight excluding hydrogens is 260 g/mol. The van der Waals surface area contributed by atoms with Gasteiger partial charge in [0.1, 0.15) is 11.6 Å². The summed E-state index contributed by atoms with van der Waals surface area (Å²) in [5.41, 5.74) is 1.50. The monoisotopic (exact) mass is 273 g/mol. The molecule has 3 aromatic rings. The Balaban J connectivity index is 2.11. The molecule has 102 valence electrons. The molecule has 1 heterocycles. The lowest BCUT2D eigenvalue weighted by molar-refractivity contribution is 0.568. The largest absolute Gasteiger partial charge is 0.453 e. The van der Waals surface area contributed by atoms with E-state index in [-0.39, 0.29) is 11.4 Å². The van der Waals surface area contributed by atoms with Crippen molar-refractivity contribution >= 4 is 11.0 Å². The van der Waals surface area contributed by atoms with Gasteiger partial charge in [-0.1, -0.05) is 12.1 Å². The van der Waals surface area contributed by atoms with Crippen molar-refractivity contribution in [3.05, 3.63) is 59.7 Å². The Labute approximate surface area is 115 Å². The van der Waals surface area contributed by atoms with Gasteiger partial charge in [0.2, 0.25) is 0 Å². The van der Waals surface area contributed by atoms with Crippen LogP contribution in [0.4, 0.5) is 8.78 Å². The highest BCUT2D eigenvalue weighted by Gasteiger charge is 2.11. The molecule has 0 spiro atoms. The second-order valence-corrected chi connectivity index (χ2v) is 4.61. The molecule has 0 aliphatic heterocycles. The summed E-state index contributed by atoms with van der Waals surface area (Å²) in [5.74, 6) is -0.140. The Morgan fingerprint density at radius 2 is 1.90 bits per heavy atom. The number of hydrogen-bond acceptors (Lipinski definition) is 2. The molecule has 0 fully saturated rings. The number of hydrogen-bond donors (Lipinski definition) is 1. The van der Waals surface area contributed by atoms with Crippen LogP contribution in [0.1, 0.15) is 5.56 Å². The van der Waals surface area contributed by atoms with Crippen LogP contribution in [0.25, 0.3) is 22.3 Å². The predicted octanol–water partition coefficient (Wildman–Crippen LogP) is 4.10. The van der Waals surface area contributed by atoms with Crippen LogP contribution in [0.3, 0.4) is 0 Å². The zero-order valence-corrected chi connectivity index (χ0v) is 10.9. The van der Waals surface area contributed by atoms with Crippen molar-refractivity contribution in [2.75, 3.05) is 7.05 Å². The molecule has 3 rings (SSSR count). The van der Waals surface area contributed by atoms with Gasteiger partial charge in [0.15, 0.2) is 11.4 Å². The number of furan rings is 1. The second kappa shape index (κ2) is 5.06. The van der Waals surface area contributed by atoms with E-state index in [0.29, 0.717) is 23.3 Å². The maximum atomic E-state index is 13.6. The van der Waals surface area contributed by atoms with Gasteiger partial charge >= 0.3 is 0 Å². The molecule has 1 N–H and O–H groups in total. The molecule has 0 atom stereocenters. The Morgan fingerprint density at radius 3 is 2.65 bits per heavy atom. The van der Waals surface area contributed by atoms with Crippen LogP contribution in [0.5, 0.6) is 0 Å². The fraction of sp³-hybridized carbons (Fsp3) is 0.125. The van der Waals surface area contributed by atoms with Crippen molar-refractivity contribution in [3.8, 4) is 11.3 Å². The van der Waals surface area contributed by atoms with Gasteiger partial charge in [-0.2, -0.15) is 0 Å². The second-order valence-electron chi connectivity index (χ2n) is 4.61. The van der Waals surface area contributed by atoms with Gasteiger partial charge < -0.3 is 9.73 Å². The minimum absolute atomic E-state index is 0.224. The average molecular weight is 273 g/mol. The average Bonchev–Trinajstić information content (AvgIpc) is 2.87. The first-order valence-electron chi connectivity index (χ1n) is 6.30. The van der Waals surface area contributed by atoms with Crippen LogP contribution < -0.4 is 5.32 Å². The van der Waals surface area contributed by atoms with E-state index in [1.165, 1.54) is 12.1 Å². The number of fused-ring (bicyclic) bond motifs is 1. The van der Waals surface area contributed by atoms with Crippen LogP contribution in [-0.4, -0.2) is 7.05 Å². The van der Waals surface area contributed by atoms with E-state index in [1.807, 2.05) is 0 Å². The summed E-state index contributed by atoms with van der Waals surface area (Å²) < 4.78 is 32.8. The fourth-order valence-corrected chi connectivity index (χ4v) is 2.22. The molecule has 0 radical (unpaired) electrons. The number of benzene rings is 2. The van der Waals surface area contributed by atoms with Crippen LogP contribution in [0.15, 0.2) is 46.9 Å². The number of para-hydroxylation sites is 1. The van der Waals surface area contributed by atoms with Crippen LogP contribution >= 0.6 is 0 Å². The summed E-state index contributed by atoms with van der Waals surface area (Å²) in [7, 11) is 1.75. The maximum Gasteiger partial charge on any atom is 0.170 e. The third-order valence-electron chi connectivity index (χ3n) is 3.19. The van der Waals surface area contributed by atoms with E-state index < -0.39 is 5.82 Å². The molecule has 0 bridgehead atoms. The van der Waals surface area contributed by atoms with Crippen molar-refractivity contribution in [1.29, 1.82) is 0 Å². The molecule has 0 saturated carbocycles. The third-order valence-corrected chi connectivity index (χ3v) is 3.19. The number of nitrogens with one attached hydrogen (secondary N) is 1. The van der Waals surface area contributed by atoms with Crippen LogP contribution in [-0.2, 0) is 6.54 Å². The highest BCUT2D eigenvalue weighted by molar-refractivity contribution is 5.83. The highest BCUT2D eigenvalue weighted by atomic mass is 19.1. The summed E-state index contributed by atoms with van der Waals surface area (Å²) in [5, 5.41) is 3.60. The summed E-state index contributed by atoms with van der Waals surface area (Å²) in [6.07, 6.45) is 0. The van der Waals surface area contributed by atoms with Crippen molar-refractivity contribution in [3.63, 3.8) is 0 Å². The topological polar surface area (TPSA) is 25.2 Å². The lowest BCUT2D eigenvalue weighted by Gasteiger charge is -2.04.